The molecule has 1 aromatic carbocycles. The van der Waals surface area contributed by atoms with E-state index in [2.05, 4.69) is 0 Å². The lowest BCUT2D eigenvalue weighted by atomic mass is 9.73. The van der Waals surface area contributed by atoms with Gasteiger partial charge in [0, 0.05) is 11.0 Å². The summed E-state index contributed by atoms with van der Waals surface area (Å²) >= 11 is 12.9. The maximum Gasteiger partial charge on any atom is 0.294 e. The first kappa shape index (κ1) is 22.3. The first-order chi connectivity index (χ1) is 14.7. The number of carbonyl (C=O) groups excluding carboxylic acids is 4. The van der Waals surface area contributed by atoms with Crippen LogP contribution in [0.4, 0.5) is 0 Å². The standard InChI is InChI=1S/C23H25Cl2NO5/c1-23(13-6-2-3-7-13)11-12-10-15(17(24)18(25)16(12)20(23)28)31-9-5-4-8-14-19(27)22(30)26-21(14)29/h10,13-14H,2-9,11H2,1H3,(H,26,29,30). The lowest BCUT2D eigenvalue weighted by molar-refractivity contribution is -0.136. The van der Waals surface area contributed by atoms with Gasteiger partial charge in [0.05, 0.1) is 11.6 Å². The minimum absolute atomic E-state index is 0.0851. The second-order valence-corrected chi connectivity index (χ2v) is 9.78. The SMILES string of the molecule is CC1(C2CCCC2)Cc2cc(OCCCCC3C(=O)NC(=O)C3=O)c(Cl)c(Cl)c2C1=O. The van der Waals surface area contributed by atoms with Crippen molar-refractivity contribution in [1.29, 1.82) is 0 Å². The van der Waals surface area contributed by atoms with Gasteiger partial charge >= 0.3 is 0 Å². The molecular formula is C23H25Cl2NO5. The monoisotopic (exact) mass is 465 g/mol. The molecule has 1 saturated carbocycles. The summed E-state index contributed by atoms with van der Waals surface area (Å²) in [4.78, 5) is 47.7. The van der Waals surface area contributed by atoms with Crippen molar-refractivity contribution in [2.75, 3.05) is 6.61 Å². The lowest BCUT2D eigenvalue weighted by Gasteiger charge is -2.29. The minimum Gasteiger partial charge on any atom is -0.492 e. The smallest absolute Gasteiger partial charge is 0.294 e. The quantitative estimate of drug-likeness (QED) is 0.280. The maximum atomic E-state index is 13.2. The number of halogens is 2. The van der Waals surface area contributed by atoms with Crippen LogP contribution in [0.3, 0.4) is 0 Å². The zero-order valence-corrected chi connectivity index (χ0v) is 18.9. The molecule has 0 spiro atoms. The third-order valence-electron chi connectivity index (χ3n) is 7.05. The van der Waals surface area contributed by atoms with Crippen LogP contribution in [0.5, 0.6) is 5.75 Å². The summed E-state index contributed by atoms with van der Waals surface area (Å²) < 4.78 is 5.83. The van der Waals surface area contributed by atoms with Gasteiger partial charge in [-0.3, -0.25) is 24.5 Å². The van der Waals surface area contributed by atoms with Crippen LogP contribution in [0.15, 0.2) is 6.07 Å². The van der Waals surface area contributed by atoms with Gasteiger partial charge in [-0.2, -0.15) is 0 Å². The van der Waals surface area contributed by atoms with Crippen molar-refractivity contribution in [3.8, 4) is 5.75 Å². The van der Waals surface area contributed by atoms with Gasteiger partial charge in [-0.1, -0.05) is 43.0 Å². The molecule has 6 nitrogen and oxygen atoms in total. The second-order valence-electron chi connectivity index (χ2n) is 9.02. The largest absolute Gasteiger partial charge is 0.492 e. The summed E-state index contributed by atoms with van der Waals surface area (Å²) in [6, 6.07) is 1.83. The Morgan fingerprint density at radius 2 is 1.81 bits per heavy atom. The predicted octanol–water partition coefficient (Wildman–Crippen LogP) is 4.32. The highest BCUT2D eigenvalue weighted by molar-refractivity contribution is 6.48. The average molecular weight is 466 g/mol. The molecule has 2 aliphatic carbocycles. The number of benzene rings is 1. The molecule has 0 bridgehead atoms. The Balaban J connectivity index is 1.38. The van der Waals surface area contributed by atoms with Gasteiger partial charge in [0.15, 0.2) is 5.78 Å². The number of amides is 2. The zero-order valence-electron chi connectivity index (χ0n) is 17.4. The van der Waals surface area contributed by atoms with Crippen molar-refractivity contribution < 1.29 is 23.9 Å². The fourth-order valence-electron chi connectivity index (χ4n) is 5.23. The van der Waals surface area contributed by atoms with Gasteiger partial charge in [0.25, 0.3) is 5.91 Å². The van der Waals surface area contributed by atoms with E-state index in [1.807, 2.05) is 18.3 Å². The van der Waals surface area contributed by atoms with E-state index in [4.69, 9.17) is 27.9 Å². The van der Waals surface area contributed by atoms with E-state index in [9.17, 15) is 19.2 Å². The summed E-state index contributed by atoms with van der Waals surface area (Å²) in [7, 11) is 0. The number of Topliss-reactive ketones (excluding diaryl/α,β-unsaturated/α-hetero) is 2. The molecule has 2 unspecified atom stereocenters. The molecule has 1 saturated heterocycles. The van der Waals surface area contributed by atoms with E-state index in [1.165, 1.54) is 0 Å². The number of ether oxygens (including phenoxy) is 1. The molecule has 2 atom stereocenters. The Morgan fingerprint density at radius 3 is 2.45 bits per heavy atom. The van der Waals surface area contributed by atoms with Crippen LogP contribution in [0.25, 0.3) is 0 Å². The number of nitrogens with one attached hydrogen (secondary N) is 1. The van der Waals surface area contributed by atoms with Crippen molar-refractivity contribution >= 4 is 46.6 Å². The maximum absolute atomic E-state index is 13.2. The lowest BCUT2D eigenvalue weighted by Crippen LogP contribution is -2.32. The van der Waals surface area contributed by atoms with Crippen LogP contribution in [-0.2, 0) is 20.8 Å². The molecule has 4 rings (SSSR count). The molecule has 0 aromatic heterocycles. The molecule has 1 aliphatic heterocycles. The number of carbonyl (C=O) groups is 4. The third kappa shape index (κ3) is 3.89. The Labute approximate surface area is 191 Å². The van der Waals surface area contributed by atoms with Gasteiger partial charge < -0.3 is 4.74 Å². The van der Waals surface area contributed by atoms with E-state index < -0.39 is 28.9 Å². The minimum atomic E-state index is -0.898. The number of hydrogen-bond donors (Lipinski definition) is 1. The Morgan fingerprint density at radius 1 is 1.10 bits per heavy atom. The van der Waals surface area contributed by atoms with Crippen molar-refractivity contribution in [1.82, 2.24) is 5.32 Å². The van der Waals surface area contributed by atoms with Crippen molar-refractivity contribution in [2.24, 2.45) is 17.3 Å². The highest BCUT2D eigenvalue weighted by atomic mass is 35.5. The second kappa shape index (κ2) is 8.55. The first-order valence-electron chi connectivity index (χ1n) is 10.8. The van der Waals surface area contributed by atoms with Gasteiger partial charge in [-0.25, -0.2) is 0 Å². The fourth-order valence-corrected chi connectivity index (χ4v) is 5.73. The number of hydrogen-bond acceptors (Lipinski definition) is 5. The van der Waals surface area contributed by atoms with Crippen LogP contribution in [0, 0.1) is 17.3 Å². The summed E-state index contributed by atoms with van der Waals surface area (Å²) in [5.41, 5.74) is 0.982. The van der Waals surface area contributed by atoms with Gasteiger partial charge in [-0.05, 0) is 56.1 Å². The van der Waals surface area contributed by atoms with Gasteiger partial charge in [0.2, 0.25) is 11.7 Å². The van der Waals surface area contributed by atoms with Crippen LogP contribution in [0.1, 0.15) is 67.8 Å². The van der Waals surface area contributed by atoms with Crippen LogP contribution in [0.2, 0.25) is 10.0 Å². The molecule has 2 amide bonds. The Hall–Kier alpha value is -1.92. The van der Waals surface area contributed by atoms with Crippen molar-refractivity contribution in [2.45, 2.75) is 58.3 Å². The Bertz CT molecular complexity index is 969. The Kier molecular flexibility index (Phi) is 6.14. The third-order valence-corrected chi connectivity index (χ3v) is 7.90. The molecule has 2 fully saturated rings. The topological polar surface area (TPSA) is 89.5 Å². The molecule has 166 valence electrons. The van der Waals surface area contributed by atoms with Gasteiger partial charge in [-0.15, -0.1) is 0 Å². The van der Waals surface area contributed by atoms with Crippen molar-refractivity contribution in [3.05, 3.63) is 27.2 Å². The highest BCUT2D eigenvalue weighted by Gasteiger charge is 2.49. The summed E-state index contributed by atoms with van der Waals surface area (Å²) in [5.74, 6) is -2.03. The number of rotatable bonds is 7. The molecular weight excluding hydrogens is 441 g/mol. The van der Waals surface area contributed by atoms with E-state index in [-0.39, 0.29) is 15.8 Å². The number of fused-ring (bicyclic) bond motifs is 1. The van der Waals surface area contributed by atoms with E-state index >= 15 is 0 Å². The number of ketones is 2. The molecule has 0 radical (unpaired) electrons. The average Bonchev–Trinajstić information content (AvgIpc) is 3.41. The number of imide groups is 1. The molecule has 31 heavy (non-hydrogen) atoms. The van der Waals surface area contributed by atoms with E-state index in [0.717, 1.165) is 31.2 Å². The molecule has 1 aromatic rings. The van der Waals surface area contributed by atoms with Crippen molar-refractivity contribution in [3.63, 3.8) is 0 Å². The highest BCUT2D eigenvalue weighted by Crippen LogP contribution is 2.52. The normalized spacial score (nSPS) is 26.0. The van der Waals surface area contributed by atoms with E-state index in [1.54, 1.807) is 0 Å². The van der Waals surface area contributed by atoms with Crippen LogP contribution >= 0.6 is 23.2 Å². The molecule has 3 aliphatic rings. The summed E-state index contributed by atoms with van der Waals surface area (Å²) in [6.45, 7) is 2.36. The van der Waals surface area contributed by atoms with Crippen LogP contribution in [-0.4, -0.2) is 30.0 Å². The first-order valence-corrected chi connectivity index (χ1v) is 11.6. The van der Waals surface area contributed by atoms with Crippen LogP contribution < -0.4 is 10.1 Å². The number of unbranched alkanes of at least 4 members (excludes halogenated alkanes) is 1. The molecule has 8 heteroatoms. The fraction of sp³-hybridized carbons (Fsp3) is 0.565. The summed E-state index contributed by atoms with van der Waals surface area (Å²) in [5, 5.41) is 2.53. The predicted molar refractivity (Wildman–Crippen MR) is 116 cm³/mol. The van der Waals surface area contributed by atoms with Gasteiger partial charge in [0.1, 0.15) is 16.7 Å². The zero-order chi connectivity index (χ0) is 22.3. The molecule has 1 heterocycles. The molecule has 1 N–H and O–H groups in total. The summed E-state index contributed by atoms with van der Waals surface area (Å²) in [6.07, 6.45) is 6.53. The van der Waals surface area contributed by atoms with E-state index in [0.29, 0.717) is 49.5 Å².